The molecule has 0 aromatic carbocycles. The maximum atomic E-state index is 11.9. The van der Waals surface area contributed by atoms with Gasteiger partial charge in [-0.2, -0.15) is 13.2 Å². The van der Waals surface area contributed by atoms with Gasteiger partial charge in [0.2, 0.25) is 0 Å². The molecule has 0 unspecified atom stereocenters. The van der Waals surface area contributed by atoms with Crippen molar-refractivity contribution < 1.29 is 26.7 Å². The quantitative estimate of drug-likeness (QED) is 0.574. The first-order valence-electron chi connectivity index (χ1n) is 3.86. The van der Waals surface area contributed by atoms with Crippen molar-refractivity contribution in [2.24, 2.45) is 0 Å². The van der Waals surface area contributed by atoms with Crippen LogP contribution in [0.25, 0.3) is 0 Å². The molecule has 0 radical (unpaired) electrons. The lowest BCUT2D eigenvalue weighted by Crippen LogP contribution is -2.22. The Labute approximate surface area is 81.3 Å². The highest BCUT2D eigenvalue weighted by Gasteiger charge is 2.39. The van der Waals surface area contributed by atoms with E-state index in [-0.39, 0.29) is 0 Å². The predicted octanol–water partition coefficient (Wildman–Crippen LogP) is 2.50. The summed E-state index contributed by atoms with van der Waals surface area (Å²) in [5.74, 6) is -2.03. The van der Waals surface area contributed by atoms with Crippen LogP contribution in [0.15, 0.2) is 18.5 Å². The van der Waals surface area contributed by atoms with Crippen LogP contribution in [0, 0.1) is 0 Å². The number of aromatic nitrogens is 1. The SMILES string of the molecule is O=C(c1ccn(CC(F)F)c1)C(F)(F)F. The molecule has 0 saturated heterocycles. The summed E-state index contributed by atoms with van der Waals surface area (Å²) in [6.07, 6.45) is -5.89. The number of Topliss-reactive ketones (excluding diaryl/α,β-unsaturated/α-hetero) is 1. The van der Waals surface area contributed by atoms with Crippen molar-refractivity contribution >= 4 is 5.78 Å². The van der Waals surface area contributed by atoms with Gasteiger partial charge in [0.15, 0.2) is 0 Å². The summed E-state index contributed by atoms with van der Waals surface area (Å²) in [7, 11) is 0. The van der Waals surface area contributed by atoms with E-state index in [4.69, 9.17) is 0 Å². The lowest BCUT2D eigenvalue weighted by Gasteiger charge is -2.02. The number of nitrogens with zero attached hydrogens (tertiary/aromatic N) is 1. The van der Waals surface area contributed by atoms with Gasteiger partial charge in [0.05, 0.1) is 6.54 Å². The molecule has 0 spiro atoms. The molecule has 1 rings (SSSR count). The van der Waals surface area contributed by atoms with Crippen LogP contribution in [-0.2, 0) is 6.54 Å². The van der Waals surface area contributed by atoms with Gasteiger partial charge in [-0.1, -0.05) is 0 Å². The first kappa shape index (κ1) is 11.7. The third kappa shape index (κ3) is 3.03. The minimum Gasteiger partial charge on any atom is -0.348 e. The summed E-state index contributed by atoms with van der Waals surface area (Å²) in [6, 6.07) is 0.859. The highest BCUT2D eigenvalue weighted by atomic mass is 19.4. The Hall–Kier alpha value is -1.40. The molecule has 0 bridgehead atoms. The highest BCUT2D eigenvalue weighted by molar-refractivity contribution is 6.00. The maximum Gasteiger partial charge on any atom is 0.454 e. The van der Waals surface area contributed by atoms with E-state index in [0.717, 1.165) is 23.0 Å². The molecule has 15 heavy (non-hydrogen) atoms. The van der Waals surface area contributed by atoms with Crippen LogP contribution < -0.4 is 0 Å². The smallest absolute Gasteiger partial charge is 0.348 e. The summed E-state index contributed by atoms with van der Waals surface area (Å²) in [4.78, 5) is 10.6. The second-order valence-electron chi connectivity index (χ2n) is 2.81. The number of rotatable bonds is 3. The Bertz CT molecular complexity index is 354. The average molecular weight is 227 g/mol. The van der Waals surface area contributed by atoms with E-state index in [1.807, 2.05) is 0 Å². The number of carbonyl (C=O) groups excluding carboxylic acids is 1. The van der Waals surface area contributed by atoms with Gasteiger partial charge in [0.25, 0.3) is 12.2 Å². The average Bonchev–Trinajstić information content (AvgIpc) is 2.48. The van der Waals surface area contributed by atoms with Crippen LogP contribution in [0.2, 0.25) is 0 Å². The van der Waals surface area contributed by atoms with Gasteiger partial charge in [0, 0.05) is 18.0 Å². The Morgan fingerprint density at radius 2 is 2.00 bits per heavy atom. The van der Waals surface area contributed by atoms with Crippen molar-refractivity contribution in [2.45, 2.75) is 19.1 Å². The molecule has 2 nitrogen and oxygen atoms in total. The molecule has 0 aliphatic rings. The Morgan fingerprint density at radius 3 is 2.47 bits per heavy atom. The molecule has 0 fully saturated rings. The Kier molecular flexibility index (Phi) is 3.11. The van der Waals surface area contributed by atoms with E-state index in [9.17, 15) is 26.7 Å². The summed E-state index contributed by atoms with van der Waals surface area (Å²) in [5.41, 5.74) is -0.636. The lowest BCUT2D eigenvalue weighted by molar-refractivity contribution is -0.0885. The maximum absolute atomic E-state index is 11.9. The molecule has 0 N–H and O–H groups in total. The standard InChI is InChI=1S/C8H6F5NO/c9-6(10)4-14-2-1-5(3-14)7(15)8(11,12)13/h1-3,6H,4H2. The summed E-state index contributed by atoms with van der Waals surface area (Å²) < 4.78 is 60.2. The molecule has 1 heterocycles. The van der Waals surface area contributed by atoms with Gasteiger partial charge in [-0.05, 0) is 6.07 Å². The zero-order chi connectivity index (χ0) is 11.6. The van der Waals surface area contributed by atoms with Gasteiger partial charge in [-0.3, -0.25) is 4.79 Å². The highest BCUT2D eigenvalue weighted by Crippen LogP contribution is 2.21. The number of alkyl halides is 5. The molecular formula is C8H6F5NO. The van der Waals surface area contributed by atoms with Crippen LogP contribution in [-0.4, -0.2) is 23.0 Å². The number of hydrogen-bond acceptors (Lipinski definition) is 1. The molecular weight excluding hydrogens is 221 g/mol. The van der Waals surface area contributed by atoms with E-state index >= 15 is 0 Å². The monoisotopic (exact) mass is 227 g/mol. The fraction of sp³-hybridized carbons (Fsp3) is 0.375. The molecule has 0 atom stereocenters. The van der Waals surface area contributed by atoms with Gasteiger partial charge < -0.3 is 4.57 Å². The summed E-state index contributed by atoms with van der Waals surface area (Å²) in [5, 5.41) is 0. The largest absolute Gasteiger partial charge is 0.454 e. The zero-order valence-corrected chi connectivity index (χ0v) is 7.26. The number of carbonyl (C=O) groups is 1. The van der Waals surface area contributed by atoms with Crippen molar-refractivity contribution in [3.63, 3.8) is 0 Å². The molecule has 0 aliphatic heterocycles. The molecule has 84 valence electrons. The number of ketones is 1. The second kappa shape index (κ2) is 4.00. The summed E-state index contributed by atoms with van der Waals surface area (Å²) in [6.45, 7) is -0.731. The lowest BCUT2D eigenvalue weighted by atomic mass is 10.2. The molecule has 1 aromatic heterocycles. The van der Waals surface area contributed by atoms with Gasteiger partial charge in [-0.25, -0.2) is 8.78 Å². The first-order valence-corrected chi connectivity index (χ1v) is 3.86. The molecule has 1 aromatic rings. The summed E-state index contributed by atoms with van der Waals surface area (Å²) >= 11 is 0. The van der Waals surface area contributed by atoms with Crippen LogP contribution in [0.1, 0.15) is 10.4 Å². The van der Waals surface area contributed by atoms with Gasteiger partial charge >= 0.3 is 6.18 Å². The minimum absolute atomic E-state index is 0.636. The van der Waals surface area contributed by atoms with E-state index < -0.39 is 30.5 Å². The third-order valence-electron chi connectivity index (χ3n) is 1.62. The topological polar surface area (TPSA) is 22.0 Å². The van der Waals surface area contributed by atoms with E-state index in [1.54, 1.807) is 0 Å². The van der Waals surface area contributed by atoms with E-state index in [2.05, 4.69) is 0 Å². The van der Waals surface area contributed by atoms with Crippen molar-refractivity contribution in [3.05, 3.63) is 24.0 Å². The van der Waals surface area contributed by atoms with E-state index in [1.165, 1.54) is 0 Å². The van der Waals surface area contributed by atoms with Crippen LogP contribution in [0.5, 0.6) is 0 Å². The number of halogens is 5. The van der Waals surface area contributed by atoms with Gasteiger partial charge in [0.1, 0.15) is 0 Å². The number of hydrogen-bond donors (Lipinski definition) is 0. The predicted molar refractivity (Wildman–Crippen MR) is 40.8 cm³/mol. The van der Waals surface area contributed by atoms with Crippen molar-refractivity contribution in [3.8, 4) is 0 Å². The zero-order valence-electron chi connectivity index (χ0n) is 7.26. The van der Waals surface area contributed by atoms with Crippen LogP contribution >= 0.6 is 0 Å². The molecule has 0 saturated carbocycles. The second-order valence-corrected chi connectivity index (χ2v) is 2.81. The first-order chi connectivity index (χ1) is 6.80. The van der Waals surface area contributed by atoms with Crippen LogP contribution in [0.4, 0.5) is 22.0 Å². The fourth-order valence-electron chi connectivity index (χ4n) is 1.01. The Balaban J connectivity index is 2.81. The van der Waals surface area contributed by atoms with Crippen molar-refractivity contribution in [1.82, 2.24) is 4.57 Å². The van der Waals surface area contributed by atoms with Crippen molar-refractivity contribution in [1.29, 1.82) is 0 Å². The third-order valence-corrected chi connectivity index (χ3v) is 1.62. The molecule has 0 amide bonds. The Morgan fingerprint density at radius 1 is 1.40 bits per heavy atom. The molecule has 7 heteroatoms. The fourth-order valence-corrected chi connectivity index (χ4v) is 1.01. The normalized spacial score (nSPS) is 12.1. The van der Waals surface area contributed by atoms with Gasteiger partial charge in [-0.15, -0.1) is 0 Å². The van der Waals surface area contributed by atoms with E-state index in [0.29, 0.717) is 0 Å². The molecule has 0 aliphatic carbocycles. The van der Waals surface area contributed by atoms with Crippen LogP contribution in [0.3, 0.4) is 0 Å². The minimum atomic E-state index is -4.98. The van der Waals surface area contributed by atoms with Crippen molar-refractivity contribution in [2.75, 3.05) is 0 Å².